The van der Waals surface area contributed by atoms with Crippen LogP contribution in [0.1, 0.15) is 17.4 Å². The number of benzene rings is 3. The number of ether oxygens (including phenoxy) is 1. The Hall–Kier alpha value is -4.06. The maximum Gasteiger partial charge on any atom is 0.160 e. The molecule has 0 amide bonds. The van der Waals surface area contributed by atoms with Gasteiger partial charge in [0, 0.05) is 11.1 Å². The van der Waals surface area contributed by atoms with Crippen LogP contribution >= 0.6 is 0 Å². The zero-order chi connectivity index (χ0) is 20.9. The molecule has 1 heterocycles. The average Bonchev–Trinajstić information content (AvgIpc) is 2.81. The van der Waals surface area contributed by atoms with Crippen molar-refractivity contribution in [2.24, 2.45) is 5.11 Å². The molecule has 1 aromatic heterocycles. The van der Waals surface area contributed by atoms with E-state index in [2.05, 4.69) is 5.11 Å². The third kappa shape index (κ3) is 4.03. The number of rotatable bonds is 6. The van der Waals surface area contributed by atoms with Gasteiger partial charge in [0.2, 0.25) is 0 Å². The van der Waals surface area contributed by atoms with E-state index in [9.17, 15) is 5.11 Å². The van der Waals surface area contributed by atoms with Gasteiger partial charge in [0.1, 0.15) is 11.5 Å². The van der Waals surface area contributed by atoms with Crippen molar-refractivity contribution in [1.82, 2.24) is 9.97 Å². The summed E-state index contributed by atoms with van der Waals surface area (Å²) in [6.45, 7) is 0. The average molecular weight is 396 g/mol. The lowest BCUT2D eigenvalue weighted by Crippen LogP contribution is -2.06. The second kappa shape index (κ2) is 8.53. The highest BCUT2D eigenvalue weighted by atomic mass is 16.5. The fourth-order valence-electron chi connectivity index (χ4n) is 3.19. The molecule has 6 nitrogen and oxygen atoms in total. The third-order valence-corrected chi connectivity index (χ3v) is 4.78. The smallest absolute Gasteiger partial charge is 0.160 e. The standard InChI is InChI=1S/C24H20N4O2/c1-30-20-13-9-17(10-14-20)22-15-21(16-5-3-2-4-6-16)26-24(27-22)23(28-25)18-7-11-19(29)12-8-18/h2-15,23,25,29H,1H3. The summed E-state index contributed by atoms with van der Waals surface area (Å²) in [7, 11) is 1.63. The molecule has 0 radical (unpaired) electrons. The minimum Gasteiger partial charge on any atom is -0.508 e. The van der Waals surface area contributed by atoms with Gasteiger partial charge in [-0.05, 0) is 48.0 Å². The summed E-state index contributed by atoms with van der Waals surface area (Å²) in [5.74, 6) is 1.34. The number of hydrogen-bond donors (Lipinski definition) is 2. The molecule has 0 saturated carbocycles. The van der Waals surface area contributed by atoms with Gasteiger partial charge >= 0.3 is 0 Å². The Labute approximate surface area is 174 Å². The van der Waals surface area contributed by atoms with Crippen LogP contribution in [0.25, 0.3) is 22.5 Å². The number of aromatic nitrogens is 2. The molecule has 0 spiro atoms. The minimum absolute atomic E-state index is 0.153. The Morgan fingerprint density at radius 1 is 0.833 bits per heavy atom. The van der Waals surface area contributed by atoms with Crippen molar-refractivity contribution in [3.63, 3.8) is 0 Å². The molecule has 0 aliphatic rings. The van der Waals surface area contributed by atoms with Crippen LogP contribution in [0.4, 0.5) is 0 Å². The van der Waals surface area contributed by atoms with Crippen molar-refractivity contribution in [1.29, 1.82) is 5.53 Å². The molecule has 4 rings (SSSR count). The fourth-order valence-corrected chi connectivity index (χ4v) is 3.19. The maximum absolute atomic E-state index is 9.59. The molecule has 3 aromatic carbocycles. The van der Waals surface area contributed by atoms with Crippen LogP contribution < -0.4 is 4.74 Å². The highest BCUT2D eigenvalue weighted by Crippen LogP contribution is 2.30. The van der Waals surface area contributed by atoms with Gasteiger partial charge in [-0.25, -0.2) is 15.5 Å². The Morgan fingerprint density at radius 2 is 1.43 bits per heavy atom. The Bertz CT molecular complexity index is 1140. The van der Waals surface area contributed by atoms with Crippen molar-refractivity contribution >= 4 is 0 Å². The van der Waals surface area contributed by atoms with E-state index in [4.69, 9.17) is 20.2 Å². The summed E-state index contributed by atoms with van der Waals surface area (Å²) < 4.78 is 5.25. The quantitative estimate of drug-likeness (QED) is 0.412. The molecule has 0 saturated heterocycles. The van der Waals surface area contributed by atoms with Crippen LogP contribution in [0.3, 0.4) is 0 Å². The second-order valence-corrected chi connectivity index (χ2v) is 6.71. The lowest BCUT2D eigenvalue weighted by Gasteiger charge is -2.14. The van der Waals surface area contributed by atoms with E-state index < -0.39 is 6.04 Å². The lowest BCUT2D eigenvalue weighted by atomic mass is 10.0. The number of phenols is 1. The molecule has 4 aromatic rings. The Kier molecular flexibility index (Phi) is 5.48. The molecular formula is C24H20N4O2. The SMILES string of the molecule is COc1ccc(-c2cc(-c3ccccc3)nc(C(N=N)c3ccc(O)cc3)n2)cc1. The largest absolute Gasteiger partial charge is 0.508 e. The first kappa shape index (κ1) is 19.3. The monoisotopic (exact) mass is 396 g/mol. The molecule has 0 fully saturated rings. The highest BCUT2D eigenvalue weighted by Gasteiger charge is 2.19. The molecule has 1 atom stereocenters. The second-order valence-electron chi connectivity index (χ2n) is 6.71. The zero-order valence-electron chi connectivity index (χ0n) is 16.4. The van der Waals surface area contributed by atoms with Crippen LogP contribution in [-0.2, 0) is 0 Å². The Morgan fingerprint density at radius 3 is 2.00 bits per heavy atom. The van der Waals surface area contributed by atoms with Crippen molar-refractivity contribution in [2.75, 3.05) is 7.11 Å². The summed E-state index contributed by atoms with van der Waals surface area (Å²) >= 11 is 0. The maximum atomic E-state index is 9.59. The molecule has 0 aliphatic heterocycles. The van der Waals surface area contributed by atoms with Gasteiger partial charge in [0.05, 0.1) is 18.5 Å². The molecule has 0 bridgehead atoms. The van der Waals surface area contributed by atoms with E-state index in [1.54, 1.807) is 31.4 Å². The van der Waals surface area contributed by atoms with E-state index in [0.29, 0.717) is 5.82 Å². The number of nitrogens with one attached hydrogen (secondary N) is 1. The number of hydrogen-bond acceptors (Lipinski definition) is 6. The van der Waals surface area contributed by atoms with Gasteiger partial charge in [-0.2, -0.15) is 5.11 Å². The minimum atomic E-state index is -0.675. The third-order valence-electron chi connectivity index (χ3n) is 4.78. The number of phenolic OH excluding ortho intramolecular Hbond substituents is 1. The summed E-state index contributed by atoms with van der Waals surface area (Å²) in [6, 6.07) is 25.3. The predicted molar refractivity (Wildman–Crippen MR) is 115 cm³/mol. The number of methoxy groups -OCH3 is 1. The van der Waals surface area contributed by atoms with Gasteiger partial charge in [-0.1, -0.05) is 42.5 Å². The topological polar surface area (TPSA) is 91.5 Å². The van der Waals surface area contributed by atoms with Crippen molar-refractivity contribution in [3.8, 4) is 34.0 Å². The van der Waals surface area contributed by atoms with Gasteiger partial charge in [-0.15, -0.1) is 0 Å². The van der Waals surface area contributed by atoms with Crippen LogP contribution in [0.5, 0.6) is 11.5 Å². The Balaban J connectivity index is 1.86. The molecule has 2 N–H and O–H groups in total. The summed E-state index contributed by atoms with van der Waals surface area (Å²) in [5, 5.41) is 13.4. The molecule has 148 valence electrons. The summed E-state index contributed by atoms with van der Waals surface area (Å²) in [6.07, 6.45) is 0. The molecule has 30 heavy (non-hydrogen) atoms. The first-order valence-corrected chi connectivity index (χ1v) is 9.42. The first-order chi connectivity index (χ1) is 14.7. The normalized spacial score (nSPS) is 11.6. The van der Waals surface area contributed by atoms with E-state index in [1.807, 2.05) is 60.7 Å². The first-order valence-electron chi connectivity index (χ1n) is 9.42. The lowest BCUT2D eigenvalue weighted by molar-refractivity contribution is 0.415. The van der Waals surface area contributed by atoms with E-state index >= 15 is 0 Å². The predicted octanol–water partition coefficient (Wildman–Crippen LogP) is 5.65. The van der Waals surface area contributed by atoms with E-state index in [0.717, 1.165) is 33.8 Å². The van der Waals surface area contributed by atoms with Gasteiger partial charge in [0.15, 0.2) is 11.9 Å². The fraction of sp³-hybridized carbons (Fsp3) is 0.0833. The number of nitrogens with zero attached hydrogens (tertiary/aromatic N) is 3. The van der Waals surface area contributed by atoms with Gasteiger partial charge in [0.25, 0.3) is 0 Å². The van der Waals surface area contributed by atoms with Gasteiger partial charge < -0.3 is 9.84 Å². The zero-order valence-corrected chi connectivity index (χ0v) is 16.4. The van der Waals surface area contributed by atoms with Crippen LogP contribution in [0.15, 0.2) is 90.0 Å². The van der Waals surface area contributed by atoms with E-state index in [-0.39, 0.29) is 5.75 Å². The highest BCUT2D eigenvalue weighted by molar-refractivity contribution is 5.68. The molecule has 1 unspecified atom stereocenters. The number of aromatic hydroxyl groups is 1. The van der Waals surface area contributed by atoms with Crippen molar-refractivity contribution < 1.29 is 9.84 Å². The summed E-state index contributed by atoms with van der Waals surface area (Å²) in [4.78, 5) is 9.45. The van der Waals surface area contributed by atoms with Crippen molar-refractivity contribution in [2.45, 2.75) is 6.04 Å². The van der Waals surface area contributed by atoms with Crippen LogP contribution in [0, 0.1) is 5.53 Å². The van der Waals surface area contributed by atoms with Gasteiger partial charge in [-0.3, -0.25) is 0 Å². The summed E-state index contributed by atoms with van der Waals surface area (Å²) in [5.41, 5.74) is 11.8. The van der Waals surface area contributed by atoms with Crippen LogP contribution in [0.2, 0.25) is 0 Å². The molecule has 6 heteroatoms. The van der Waals surface area contributed by atoms with Crippen molar-refractivity contribution in [3.05, 3.63) is 96.3 Å². The molecule has 0 aliphatic carbocycles. The van der Waals surface area contributed by atoms with Crippen LogP contribution in [-0.4, -0.2) is 22.2 Å². The molecular weight excluding hydrogens is 376 g/mol. The van der Waals surface area contributed by atoms with E-state index in [1.165, 1.54) is 0 Å².